The zero-order chi connectivity index (χ0) is 10.1. The zero-order valence-corrected chi connectivity index (χ0v) is 6.32. The van der Waals surface area contributed by atoms with Crippen LogP contribution >= 0.6 is 0 Å². The molecular formula is C4H4F4O3S-2. The van der Waals surface area contributed by atoms with E-state index in [1.165, 1.54) is 0 Å². The van der Waals surface area contributed by atoms with Gasteiger partial charge in [0.1, 0.15) is 0 Å². The number of rotatable bonds is 2. The van der Waals surface area contributed by atoms with Crippen LogP contribution < -0.4 is 0 Å². The summed E-state index contributed by atoms with van der Waals surface area (Å²) in [6.07, 6.45) is -5.90. The molecule has 0 fully saturated rings. The molecule has 0 N–H and O–H groups in total. The molecule has 0 aliphatic rings. The molecule has 3 nitrogen and oxygen atoms in total. The minimum atomic E-state index is -6.49. The van der Waals surface area contributed by atoms with Gasteiger partial charge in [-0.25, -0.2) is 4.39 Å². The lowest BCUT2D eigenvalue weighted by atomic mass is 10.8. The van der Waals surface area contributed by atoms with E-state index >= 15 is 0 Å². The van der Waals surface area contributed by atoms with Crippen molar-refractivity contribution < 1.29 is 30.9 Å². The second-order valence-corrected chi connectivity index (χ2v) is 4.62. The van der Waals surface area contributed by atoms with Gasteiger partial charge in [0.15, 0.2) is 0 Å². The third kappa shape index (κ3) is 5.22. The van der Waals surface area contributed by atoms with Crippen molar-refractivity contribution in [3.63, 3.8) is 0 Å². The van der Waals surface area contributed by atoms with Crippen molar-refractivity contribution in [2.45, 2.75) is 6.18 Å². The summed E-state index contributed by atoms with van der Waals surface area (Å²) in [4.78, 5) is 0. The van der Waals surface area contributed by atoms with Gasteiger partial charge in [-0.3, -0.25) is 0 Å². The van der Waals surface area contributed by atoms with Crippen LogP contribution in [0.15, 0.2) is 11.7 Å². The quantitative estimate of drug-likeness (QED) is 0.637. The molecule has 0 atom stereocenters. The van der Waals surface area contributed by atoms with Crippen molar-refractivity contribution in [2.75, 3.05) is 5.75 Å². The van der Waals surface area contributed by atoms with Gasteiger partial charge in [0.25, 0.3) is 0 Å². The number of sulfone groups is 3. The standard InChI is InChI=1S/C4H6F4O3S/c5-1-2-12(9,10,11)3-4(6,7)8/h1-2H,3H2,(H2,9,10,11)/p-2. The molecule has 0 saturated carbocycles. The Kier molecular flexibility index (Phi) is 2.68. The van der Waals surface area contributed by atoms with E-state index in [1.54, 1.807) is 0 Å². The van der Waals surface area contributed by atoms with E-state index in [4.69, 9.17) is 0 Å². The average Bonchev–Trinajstić information content (AvgIpc) is 1.51. The van der Waals surface area contributed by atoms with Gasteiger partial charge < -0.3 is 13.3 Å². The second-order valence-electron chi connectivity index (χ2n) is 2.03. The van der Waals surface area contributed by atoms with Crippen LogP contribution in [0.3, 0.4) is 0 Å². The van der Waals surface area contributed by atoms with Crippen molar-refractivity contribution in [2.24, 2.45) is 0 Å². The lowest BCUT2D eigenvalue weighted by molar-refractivity contribution is -0.108. The van der Waals surface area contributed by atoms with E-state index < -0.39 is 33.3 Å². The summed E-state index contributed by atoms with van der Waals surface area (Å²) in [6.45, 7) is 0. The molecule has 74 valence electrons. The van der Waals surface area contributed by atoms with Gasteiger partial charge in [-0.15, -0.1) is 0 Å². The Morgan fingerprint density at radius 2 is 1.75 bits per heavy atom. The topological polar surface area (TPSA) is 63.2 Å². The molecule has 8 heteroatoms. The summed E-state index contributed by atoms with van der Waals surface area (Å²) in [5.41, 5.74) is 0. The normalized spacial score (nSPS) is 17.7. The predicted octanol–water partition coefficient (Wildman–Crippen LogP) is 1.07. The van der Waals surface area contributed by atoms with Crippen molar-refractivity contribution in [1.82, 2.24) is 0 Å². The molecule has 0 spiro atoms. The summed E-state index contributed by atoms with van der Waals surface area (Å²) >= 11 is 0. The highest BCUT2D eigenvalue weighted by Crippen LogP contribution is 2.28. The highest BCUT2D eigenvalue weighted by Gasteiger charge is 2.32. The predicted molar refractivity (Wildman–Crippen MR) is 30.9 cm³/mol. The molecule has 0 rings (SSSR count). The maximum Gasteiger partial charge on any atom is 0.396 e. The maximum atomic E-state index is 11.4. The fourth-order valence-electron chi connectivity index (χ4n) is 0.442. The highest BCUT2D eigenvalue weighted by molar-refractivity contribution is 8.12. The first kappa shape index (κ1) is 11.5. The summed E-state index contributed by atoms with van der Waals surface area (Å²) in [7, 11) is -6.49. The average molecular weight is 208 g/mol. The van der Waals surface area contributed by atoms with Crippen LogP contribution in [0.5, 0.6) is 0 Å². The Labute approximate surface area is 65.1 Å². The summed E-state index contributed by atoms with van der Waals surface area (Å²) in [5.74, 6) is -2.59. The minimum absolute atomic E-state index is 0.634. The number of alkyl halides is 3. The molecule has 0 aliphatic carbocycles. The third-order valence-corrected chi connectivity index (χ3v) is 2.21. The van der Waals surface area contributed by atoms with Gasteiger partial charge >= 0.3 is 6.18 Å². The van der Waals surface area contributed by atoms with Gasteiger partial charge in [0.2, 0.25) is 0 Å². The molecule has 12 heavy (non-hydrogen) atoms. The molecular weight excluding hydrogens is 204 g/mol. The van der Waals surface area contributed by atoms with E-state index in [0.29, 0.717) is 0 Å². The van der Waals surface area contributed by atoms with Crippen LogP contribution in [-0.2, 0) is 9.63 Å². The lowest BCUT2D eigenvalue weighted by Gasteiger charge is -2.52. The van der Waals surface area contributed by atoms with Crippen LogP contribution in [-0.4, -0.2) is 25.2 Å². The molecule has 0 amide bonds. The smallest absolute Gasteiger partial charge is 0.396 e. The Hall–Kier alpha value is -0.470. The van der Waals surface area contributed by atoms with E-state index in [9.17, 15) is 30.9 Å². The molecule has 0 bridgehead atoms. The maximum absolute atomic E-state index is 11.4. The molecule has 0 radical (unpaired) electrons. The Bertz CT molecular complexity index is 250. The van der Waals surface area contributed by atoms with Crippen molar-refractivity contribution in [3.05, 3.63) is 11.7 Å². The number of halogens is 4. The molecule has 0 aromatic rings. The summed E-state index contributed by atoms with van der Waals surface area (Å²) in [5, 5.41) is -0.634. The van der Waals surface area contributed by atoms with Gasteiger partial charge in [-0.2, -0.15) is 22.8 Å². The van der Waals surface area contributed by atoms with E-state index in [2.05, 4.69) is 0 Å². The molecule has 0 aromatic carbocycles. The van der Waals surface area contributed by atoms with Gasteiger partial charge in [0.05, 0.1) is 12.1 Å². The van der Waals surface area contributed by atoms with E-state index in [0.717, 1.165) is 0 Å². The first-order valence-electron chi connectivity index (χ1n) is 2.50. The van der Waals surface area contributed by atoms with E-state index in [-0.39, 0.29) is 0 Å². The summed E-state index contributed by atoms with van der Waals surface area (Å²) < 4.78 is 76.1. The fraction of sp³-hybridized carbons (Fsp3) is 0.500. The monoisotopic (exact) mass is 208 g/mol. The van der Waals surface area contributed by atoms with Crippen LogP contribution in [0, 0.1) is 0 Å². The first-order valence-corrected chi connectivity index (χ1v) is 4.55. The minimum Gasteiger partial charge on any atom is -0.795 e. The largest absolute Gasteiger partial charge is 0.795 e. The van der Waals surface area contributed by atoms with Gasteiger partial charge in [0, 0.05) is 0 Å². The molecule has 0 aliphatic heterocycles. The molecule has 0 heterocycles. The zero-order valence-electron chi connectivity index (χ0n) is 5.51. The second kappa shape index (κ2) is 2.79. The Morgan fingerprint density at radius 3 is 2.00 bits per heavy atom. The third-order valence-electron chi connectivity index (χ3n) is 0.738. The Balaban J connectivity index is 4.74. The van der Waals surface area contributed by atoms with Crippen molar-refractivity contribution in [3.8, 4) is 0 Å². The van der Waals surface area contributed by atoms with E-state index in [1.807, 2.05) is 0 Å². The first-order chi connectivity index (χ1) is 5.03. The van der Waals surface area contributed by atoms with Crippen LogP contribution in [0.25, 0.3) is 0 Å². The molecule has 0 unspecified atom stereocenters. The summed E-state index contributed by atoms with van der Waals surface area (Å²) in [6, 6.07) is 0. The number of hydrogen-bond acceptors (Lipinski definition) is 3. The van der Waals surface area contributed by atoms with Crippen LogP contribution in [0.4, 0.5) is 17.6 Å². The van der Waals surface area contributed by atoms with Crippen LogP contribution in [0.1, 0.15) is 0 Å². The van der Waals surface area contributed by atoms with Crippen molar-refractivity contribution in [1.29, 1.82) is 0 Å². The SMILES string of the molecule is O=S([O-])([O-])(C=CF)CC(F)(F)F. The van der Waals surface area contributed by atoms with Gasteiger partial charge in [-0.1, -0.05) is 0 Å². The van der Waals surface area contributed by atoms with Gasteiger partial charge in [-0.05, 0) is 5.41 Å². The Morgan fingerprint density at radius 1 is 1.33 bits per heavy atom. The lowest BCUT2D eigenvalue weighted by Crippen LogP contribution is -2.40. The van der Waals surface area contributed by atoms with Crippen LogP contribution in [0.2, 0.25) is 0 Å². The molecule has 0 aromatic heterocycles. The fourth-order valence-corrected chi connectivity index (χ4v) is 1.33. The number of hydrogen-bond donors (Lipinski definition) is 0. The van der Waals surface area contributed by atoms with Crippen molar-refractivity contribution >= 4 is 9.63 Å². The highest BCUT2D eigenvalue weighted by atomic mass is 32.3. The molecule has 0 saturated heterocycles.